The monoisotopic (exact) mass is 516 g/mol. The molecule has 0 aliphatic carbocycles. The van der Waals surface area contributed by atoms with Crippen LogP contribution < -0.4 is 0 Å². The maximum Gasteiger partial charge on any atom is 0.317 e. The van der Waals surface area contributed by atoms with Crippen molar-refractivity contribution in [3.05, 3.63) is 0 Å². The van der Waals surface area contributed by atoms with Crippen molar-refractivity contribution < 1.29 is 39.6 Å². The highest BCUT2D eigenvalue weighted by Crippen LogP contribution is 2.20. The maximum absolute atomic E-state index is 11.8. The molecule has 36 heavy (non-hydrogen) atoms. The molecule has 0 bridgehead atoms. The Kier molecular flexibility index (Phi) is 13.9. The molecule has 12 heteroatoms. The molecule has 1 rings (SSSR count). The lowest BCUT2D eigenvalue weighted by Gasteiger charge is -2.45. The van der Waals surface area contributed by atoms with Gasteiger partial charge < -0.3 is 20.4 Å². The van der Waals surface area contributed by atoms with Crippen LogP contribution >= 0.6 is 0 Å². The van der Waals surface area contributed by atoms with E-state index in [4.69, 9.17) is 0 Å². The molecular formula is C24H44N4O8. The van der Waals surface area contributed by atoms with Crippen LogP contribution in [0.4, 0.5) is 0 Å². The molecule has 1 fully saturated rings. The summed E-state index contributed by atoms with van der Waals surface area (Å²) in [6.45, 7) is 7.96. The SMILES string of the molecule is CCC1CN(CC(=O)O)[C@@H](CC)CN(CC(=O)O)[C@@H](CC)CN(CC(=O)O)[C@@H](CC)CN1CC(=O)O. The Morgan fingerprint density at radius 1 is 0.472 bits per heavy atom. The van der Waals surface area contributed by atoms with E-state index in [0.717, 1.165) is 0 Å². The lowest BCUT2D eigenvalue weighted by atomic mass is 10.0. The Bertz CT molecular complexity index is 617. The van der Waals surface area contributed by atoms with Crippen molar-refractivity contribution in [2.24, 2.45) is 0 Å². The topological polar surface area (TPSA) is 162 Å². The number of hydrogen-bond donors (Lipinski definition) is 4. The van der Waals surface area contributed by atoms with Crippen LogP contribution in [0, 0.1) is 0 Å². The van der Waals surface area contributed by atoms with Crippen LogP contribution in [-0.2, 0) is 19.2 Å². The lowest BCUT2D eigenvalue weighted by molar-refractivity contribution is -0.144. The van der Waals surface area contributed by atoms with Gasteiger partial charge in [0, 0.05) is 50.3 Å². The van der Waals surface area contributed by atoms with Crippen LogP contribution in [0.2, 0.25) is 0 Å². The summed E-state index contributed by atoms with van der Waals surface area (Å²) in [5, 5.41) is 38.5. The average Bonchev–Trinajstić information content (AvgIpc) is 2.78. The van der Waals surface area contributed by atoms with Gasteiger partial charge in [0.25, 0.3) is 0 Å². The minimum atomic E-state index is -1.00. The number of aliphatic carboxylic acids is 4. The fourth-order valence-corrected chi connectivity index (χ4v) is 5.16. The van der Waals surface area contributed by atoms with Crippen LogP contribution in [0.1, 0.15) is 53.4 Å². The van der Waals surface area contributed by atoms with E-state index < -0.39 is 23.9 Å². The third-order valence-corrected chi connectivity index (χ3v) is 7.09. The van der Waals surface area contributed by atoms with Crippen LogP contribution in [0.5, 0.6) is 0 Å². The Morgan fingerprint density at radius 3 is 0.750 bits per heavy atom. The van der Waals surface area contributed by atoms with Crippen molar-refractivity contribution in [1.29, 1.82) is 0 Å². The molecule has 12 nitrogen and oxygen atoms in total. The van der Waals surface area contributed by atoms with Gasteiger partial charge >= 0.3 is 23.9 Å². The van der Waals surface area contributed by atoms with E-state index in [-0.39, 0.29) is 50.3 Å². The van der Waals surface area contributed by atoms with Gasteiger partial charge in [-0.05, 0) is 25.7 Å². The van der Waals surface area contributed by atoms with Gasteiger partial charge in [0.05, 0.1) is 26.2 Å². The summed E-state index contributed by atoms with van der Waals surface area (Å²) in [4.78, 5) is 54.3. The molecule has 4 N–H and O–H groups in total. The van der Waals surface area contributed by atoms with Gasteiger partial charge in [-0.1, -0.05) is 27.7 Å². The van der Waals surface area contributed by atoms with Gasteiger partial charge in [0.2, 0.25) is 0 Å². The summed E-state index contributed by atoms with van der Waals surface area (Å²) in [6, 6.07) is -1.09. The molecule has 0 aromatic carbocycles. The summed E-state index contributed by atoms with van der Waals surface area (Å²) in [7, 11) is 0. The van der Waals surface area contributed by atoms with Crippen molar-refractivity contribution in [3.63, 3.8) is 0 Å². The number of carbonyl (C=O) groups is 4. The zero-order valence-electron chi connectivity index (χ0n) is 22.0. The normalized spacial score (nSPS) is 26.1. The van der Waals surface area contributed by atoms with E-state index >= 15 is 0 Å². The van der Waals surface area contributed by atoms with Crippen molar-refractivity contribution >= 4 is 23.9 Å². The van der Waals surface area contributed by atoms with E-state index in [9.17, 15) is 39.6 Å². The zero-order valence-corrected chi connectivity index (χ0v) is 22.0. The molecule has 0 amide bonds. The fourth-order valence-electron chi connectivity index (χ4n) is 5.16. The summed E-state index contributed by atoms with van der Waals surface area (Å²) in [6.07, 6.45) is 2.30. The Labute approximate surface area is 213 Å². The first-order valence-electron chi connectivity index (χ1n) is 12.8. The van der Waals surface area contributed by atoms with Gasteiger partial charge in [0.15, 0.2) is 0 Å². The summed E-state index contributed by atoms with van der Waals surface area (Å²) < 4.78 is 0. The Morgan fingerprint density at radius 2 is 0.639 bits per heavy atom. The Hall–Kier alpha value is -2.28. The van der Waals surface area contributed by atoms with Crippen LogP contribution in [0.25, 0.3) is 0 Å². The van der Waals surface area contributed by atoms with Crippen LogP contribution in [0.3, 0.4) is 0 Å². The van der Waals surface area contributed by atoms with E-state index in [1.165, 1.54) is 0 Å². The van der Waals surface area contributed by atoms with Crippen molar-refractivity contribution in [1.82, 2.24) is 19.6 Å². The highest BCUT2D eigenvalue weighted by Gasteiger charge is 2.34. The Balaban J connectivity index is 3.62. The first-order chi connectivity index (χ1) is 16.9. The number of carboxylic acid groups (broad SMARTS) is 4. The third-order valence-electron chi connectivity index (χ3n) is 7.09. The minimum absolute atomic E-state index is 0.240. The molecule has 1 unspecified atom stereocenters. The second-order valence-corrected chi connectivity index (χ2v) is 9.54. The van der Waals surface area contributed by atoms with Gasteiger partial charge in [-0.25, -0.2) is 0 Å². The van der Waals surface area contributed by atoms with Gasteiger partial charge in [-0.3, -0.25) is 38.8 Å². The first kappa shape index (κ1) is 31.7. The highest BCUT2D eigenvalue weighted by molar-refractivity contribution is 5.70. The molecule has 1 aliphatic heterocycles. The second-order valence-electron chi connectivity index (χ2n) is 9.54. The summed E-state index contributed by atoms with van der Waals surface area (Å²) in [5.74, 6) is -4.01. The van der Waals surface area contributed by atoms with Crippen LogP contribution in [0.15, 0.2) is 0 Å². The van der Waals surface area contributed by atoms with E-state index in [1.54, 1.807) is 0 Å². The summed E-state index contributed by atoms with van der Waals surface area (Å²) >= 11 is 0. The molecule has 1 aliphatic rings. The van der Waals surface area contributed by atoms with Crippen molar-refractivity contribution in [3.8, 4) is 0 Å². The quantitative estimate of drug-likeness (QED) is 0.287. The predicted octanol–water partition coefficient (Wildman–Crippen LogP) is 0.661. The van der Waals surface area contributed by atoms with Gasteiger partial charge in [-0.2, -0.15) is 0 Å². The number of nitrogens with zero attached hydrogens (tertiary/aromatic N) is 4. The average molecular weight is 517 g/mol. The van der Waals surface area contributed by atoms with Gasteiger partial charge in [0.1, 0.15) is 0 Å². The van der Waals surface area contributed by atoms with Crippen LogP contribution in [-0.4, -0.2) is 140 Å². The zero-order chi connectivity index (χ0) is 27.4. The molecule has 0 radical (unpaired) electrons. The molecule has 4 atom stereocenters. The second kappa shape index (κ2) is 15.7. The number of hydrogen-bond acceptors (Lipinski definition) is 8. The largest absolute Gasteiger partial charge is 0.480 e. The highest BCUT2D eigenvalue weighted by atomic mass is 16.4. The van der Waals surface area contributed by atoms with E-state index in [0.29, 0.717) is 51.9 Å². The van der Waals surface area contributed by atoms with Crippen molar-refractivity contribution in [2.75, 3.05) is 52.4 Å². The predicted molar refractivity (Wildman–Crippen MR) is 133 cm³/mol. The first-order valence-corrected chi connectivity index (χ1v) is 12.8. The standard InChI is InChI=1S/C24H44N4O8/c1-5-17-9-26(14-22(31)32)19(7-3)11-28(16-24(35)36)20(8-4)12-27(15-23(33)34)18(6-2)10-25(17)13-21(29)30/h17-20H,5-16H2,1-4H3,(H,29,30)(H,31,32)(H,33,34)(H,35,36)/t17-,18-,19-,20?/m0/s1. The third kappa shape index (κ3) is 10.4. The van der Waals surface area contributed by atoms with E-state index in [1.807, 2.05) is 47.3 Å². The maximum atomic E-state index is 11.8. The van der Waals surface area contributed by atoms with E-state index in [2.05, 4.69) is 0 Å². The number of rotatable bonds is 12. The molecule has 208 valence electrons. The molecule has 0 aromatic heterocycles. The van der Waals surface area contributed by atoms with Gasteiger partial charge in [-0.15, -0.1) is 0 Å². The smallest absolute Gasteiger partial charge is 0.317 e. The molecule has 1 heterocycles. The molecular weight excluding hydrogens is 472 g/mol. The minimum Gasteiger partial charge on any atom is -0.480 e. The molecule has 0 saturated carbocycles. The summed E-state index contributed by atoms with van der Waals surface area (Å²) in [5.41, 5.74) is 0. The molecule has 1 saturated heterocycles. The molecule has 0 spiro atoms. The fraction of sp³-hybridized carbons (Fsp3) is 0.833. The lowest BCUT2D eigenvalue weighted by Crippen LogP contribution is -2.59. The number of carboxylic acids is 4. The molecule has 0 aromatic rings. The van der Waals surface area contributed by atoms with Crippen molar-refractivity contribution in [2.45, 2.75) is 77.5 Å².